The summed E-state index contributed by atoms with van der Waals surface area (Å²) >= 11 is 0. The summed E-state index contributed by atoms with van der Waals surface area (Å²) in [4.78, 5) is 2.70. The Labute approximate surface area is 102 Å². The third-order valence-electron chi connectivity index (χ3n) is 3.09. The second-order valence-electron chi connectivity index (χ2n) is 6.80. The van der Waals surface area contributed by atoms with Crippen LogP contribution in [0.4, 0.5) is 0 Å². The highest BCUT2D eigenvalue weighted by Gasteiger charge is 2.32. The van der Waals surface area contributed by atoms with E-state index >= 15 is 0 Å². The van der Waals surface area contributed by atoms with E-state index in [1.54, 1.807) is 0 Å². The molecule has 0 amide bonds. The van der Waals surface area contributed by atoms with Crippen molar-refractivity contribution in [3.63, 3.8) is 0 Å². The number of rotatable bonds is 6. The van der Waals surface area contributed by atoms with Gasteiger partial charge in [-0.15, -0.1) is 0 Å². The van der Waals surface area contributed by atoms with Crippen LogP contribution in [0, 0.1) is 5.92 Å². The molecule has 1 rings (SSSR count). The third-order valence-corrected chi connectivity index (χ3v) is 3.09. The molecule has 0 radical (unpaired) electrons. The largest absolute Gasteiger partial charge is 0.311 e. The highest BCUT2D eigenvalue weighted by Crippen LogP contribution is 2.29. The second kappa shape index (κ2) is 5.50. The topological polar surface area (TPSA) is 15.3 Å². The van der Waals surface area contributed by atoms with Gasteiger partial charge in [-0.3, -0.25) is 4.90 Å². The molecule has 0 saturated heterocycles. The molecule has 1 atom stereocenters. The fourth-order valence-electron chi connectivity index (χ4n) is 2.09. The zero-order valence-corrected chi connectivity index (χ0v) is 12.0. The van der Waals surface area contributed by atoms with Crippen LogP contribution in [0.3, 0.4) is 0 Å². The van der Waals surface area contributed by atoms with Gasteiger partial charge < -0.3 is 5.32 Å². The first kappa shape index (κ1) is 14.0. The fraction of sp³-hybridized carbons (Fsp3) is 1.00. The van der Waals surface area contributed by atoms with E-state index < -0.39 is 0 Å². The van der Waals surface area contributed by atoms with Crippen molar-refractivity contribution in [3.8, 4) is 0 Å². The molecule has 2 heteroatoms. The Bertz CT molecular complexity index is 201. The van der Waals surface area contributed by atoms with Gasteiger partial charge in [0.05, 0.1) is 0 Å². The fourth-order valence-corrected chi connectivity index (χ4v) is 2.09. The smallest absolute Gasteiger partial charge is 0.0195 e. The maximum Gasteiger partial charge on any atom is 0.0195 e. The lowest BCUT2D eigenvalue weighted by atomic mass is 10.1. The van der Waals surface area contributed by atoms with Crippen molar-refractivity contribution < 1.29 is 0 Å². The molecule has 0 spiro atoms. The molecule has 1 N–H and O–H groups in total. The molecule has 0 aromatic rings. The molecule has 1 aliphatic rings. The summed E-state index contributed by atoms with van der Waals surface area (Å²) in [6.45, 7) is 16.1. The van der Waals surface area contributed by atoms with E-state index in [2.05, 4.69) is 51.8 Å². The molecule has 0 aliphatic heterocycles. The lowest BCUT2D eigenvalue weighted by Crippen LogP contribution is -2.48. The van der Waals surface area contributed by atoms with Crippen molar-refractivity contribution in [2.75, 3.05) is 13.1 Å². The summed E-state index contributed by atoms with van der Waals surface area (Å²) in [6.07, 6.45) is 2.82. The van der Waals surface area contributed by atoms with Gasteiger partial charge in [-0.25, -0.2) is 0 Å². The Morgan fingerprint density at radius 3 is 2.12 bits per heavy atom. The standard InChI is InChI=1S/C14H30N2/c1-11(2)10-16(13-7-8-13)12(3)9-15-14(4,5)6/h11-13,15H,7-10H2,1-6H3. The predicted octanol–water partition coefficient (Wildman–Crippen LogP) is 2.88. The van der Waals surface area contributed by atoms with E-state index in [1.807, 2.05) is 0 Å². The first-order valence-electron chi connectivity index (χ1n) is 6.80. The van der Waals surface area contributed by atoms with Crippen LogP contribution in [-0.4, -0.2) is 35.6 Å². The van der Waals surface area contributed by atoms with E-state index in [0.717, 1.165) is 18.5 Å². The summed E-state index contributed by atoms with van der Waals surface area (Å²) in [5, 5.41) is 3.62. The van der Waals surface area contributed by atoms with Gasteiger partial charge in [0.15, 0.2) is 0 Å². The normalized spacial score (nSPS) is 19.5. The average Bonchev–Trinajstić information content (AvgIpc) is 2.92. The zero-order chi connectivity index (χ0) is 12.3. The Balaban J connectivity index is 2.38. The van der Waals surface area contributed by atoms with Crippen molar-refractivity contribution in [1.82, 2.24) is 10.2 Å². The zero-order valence-electron chi connectivity index (χ0n) is 12.0. The van der Waals surface area contributed by atoms with E-state index in [-0.39, 0.29) is 5.54 Å². The molecule has 1 saturated carbocycles. The molecule has 0 aromatic carbocycles. The summed E-state index contributed by atoms with van der Waals surface area (Å²) in [5.41, 5.74) is 0.237. The van der Waals surface area contributed by atoms with E-state index in [0.29, 0.717) is 6.04 Å². The van der Waals surface area contributed by atoms with Gasteiger partial charge in [-0.05, 0) is 46.5 Å². The minimum Gasteiger partial charge on any atom is -0.311 e. The van der Waals surface area contributed by atoms with Crippen molar-refractivity contribution in [2.45, 2.75) is 72.0 Å². The number of hydrogen-bond donors (Lipinski definition) is 1. The number of hydrogen-bond acceptors (Lipinski definition) is 2. The Morgan fingerprint density at radius 1 is 1.19 bits per heavy atom. The van der Waals surface area contributed by atoms with Gasteiger partial charge >= 0.3 is 0 Å². The van der Waals surface area contributed by atoms with Crippen LogP contribution in [0.25, 0.3) is 0 Å². The first-order valence-corrected chi connectivity index (χ1v) is 6.80. The predicted molar refractivity (Wildman–Crippen MR) is 71.8 cm³/mol. The monoisotopic (exact) mass is 226 g/mol. The molecule has 1 unspecified atom stereocenters. The van der Waals surface area contributed by atoms with Gasteiger partial charge in [0.2, 0.25) is 0 Å². The molecule has 2 nitrogen and oxygen atoms in total. The molecule has 0 heterocycles. The van der Waals surface area contributed by atoms with Crippen molar-refractivity contribution in [3.05, 3.63) is 0 Å². The molecule has 0 bridgehead atoms. The van der Waals surface area contributed by atoms with E-state index in [9.17, 15) is 0 Å². The van der Waals surface area contributed by atoms with Crippen LogP contribution in [0.1, 0.15) is 54.4 Å². The Morgan fingerprint density at radius 2 is 1.75 bits per heavy atom. The summed E-state index contributed by atoms with van der Waals surface area (Å²) in [5.74, 6) is 0.776. The van der Waals surface area contributed by atoms with Crippen LogP contribution >= 0.6 is 0 Å². The highest BCUT2D eigenvalue weighted by molar-refractivity contribution is 4.89. The minimum absolute atomic E-state index is 0.237. The maximum atomic E-state index is 3.62. The molecule has 1 fully saturated rings. The van der Waals surface area contributed by atoms with Crippen molar-refractivity contribution in [2.24, 2.45) is 5.92 Å². The SMILES string of the molecule is CC(C)CN(C(C)CNC(C)(C)C)C1CC1. The Hall–Kier alpha value is -0.0800. The van der Waals surface area contributed by atoms with Gasteiger partial charge in [-0.1, -0.05) is 13.8 Å². The molecule has 1 aliphatic carbocycles. The van der Waals surface area contributed by atoms with Gasteiger partial charge in [0, 0.05) is 30.7 Å². The van der Waals surface area contributed by atoms with E-state index in [4.69, 9.17) is 0 Å². The summed E-state index contributed by atoms with van der Waals surface area (Å²) in [6, 6.07) is 1.54. The summed E-state index contributed by atoms with van der Waals surface area (Å²) in [7, 11) is 0. The maximum absolute atomic E-state index is 3.62. The molecular formula is C14H30N2. The van der Waals surface area contributed by atoms with Gasteiger partial charge in [-0.2, -0.15) is 0 Å². The third kappa shape index (κ3) is 5.31. The first-order chi connectivity index (χ1) is 7.29. The average molecular weight is 226 g/mol. The summed E-state index contributed by atoms with van der Waals surface area (Å²) < 4.78 is 0. The molecule has 0 aromatic heterocycles. The number of nitrogens with zero attached hydrogens (tertiary/aromatic N) is 1. The quantitative estimate of drug-likeness (QED) is 0.749. The van der Waals surface area contributed by atoms with Crippen LogP contribution in [0.5, 0.6) is 0 Å². The second-order valence-corrected chi connectivity index (χ2v) is 6.80. The van der Waals surface area contributed by atoms with Gasteiger partial charge in [0.25, 0.3) is 0 Å². The number of nitrogens with one attached hydrogen (secondary N) is 1. The minimum atomic E-state index is 0.237. The van der Waals surface area contributed by atoms with Crippen LogP contribution < -0.4 is 5.32 Å². The highest BCUT2D eigenvalue weighted by atomic mass is 15.2. The molecule has 96 valence electrons. The Kier molecular flexibility index (Phi) is 4.81. The van der Waals surface area contributed by atoms with Crippen molar-refractivity contribution in [1.29, 1.82) is 0 Å². The lowest BCUT2D eigenvalue weighted by molar-refractivity contribution is 0.166. The van der Waals surface area contributed by atoms with E-state index in [1.165, 1.54) is 19.4 Å². The molecule has 16 heavy (non-hydrogen) atoms. The van der Waals surface area contributed by atoms with Crippen LogP contribution in [0.15, 0.2) is 0 Å². The molecular weight excluding hydrogens is 196 g/mol. The van der Waals surface area contributed by atoms with Crippen molar-refractivity contribution >= 4 is 0 Å². The lowest BCUT2D eigenvalue weighted by Gasteiger charge is -2.33. The van der Waals surface area contributed by atoms with Crippen LogP contribution in [-0.2, 0) is 0 Å². The van der Waals surface area contributed by atoms with Gasteiger partial charge in [0.1, 0.15) is 0 Å². The van der Waals surface area contributed by atoms with Crippen LogP contribution in [0.2, 0.25) is 0 Å².